The van der Waals surface area contributed by atoms with Crippen molar-refractivity contribution in [1.29, 1.82) is 0 Å². The summed E-state index contributed by atoms with van der Waals surface area (Å²) in [5, 5.41) is 2.99. The molecule has 0 aromatic heterocycles. The molecule has 0 fully saturated rings. The van der Waals surface area contributed by atoms with Crippen LogP contribution in [0.1, 0.15) is 40.2 Å². The first kappa shape index (κ1) is 28.6. The van der Waals surface area contributed by atoms with Crippen molar-refractivity contribution in [2.45, 2.75) is 52.8 Å². The van der Waals surface area contributed by atoms with Crippen LogP contribution in [0.4, 0.5) is 0 Å². The fraction of sp³-hybridized carbons (Fsp3) is 0.444. The molecule has 0 saturated heterocycles. The predicted octanol–water partition coefficient (Wildman–Crippen LogP) is 4.03. The van der Waals surface area contributed by atoms with Gasteiger partial charge < -0.3 is 23.7 Å². The van der Waals surface area contributed by atoms with Gasteiger partial charge in [-0.3, -0.25) is 19.7 Å². The van der Waals surface area contributed by atoms with Gasteiger partial charge in [-0.05, 0) is 76.6 Å². The number of esters is 3. The molecule has 0 bridgehead atoms. The van der Waals surface area contributed by atoms with Gasteiger partial charge in [-0.25, -0.2) is 0 Å². The predicted molar refractivity (Wildman–Crippen MR) is 133 cm³/mol. The number of hydrogen-bond acceptors (Lipinski definition) is 9. The third kappa shape index (κ3) is 8.88. The van der Waals surface area contributed by atoms with E-state index < -0.39 is 35.5 Å². The molecule has 9 heteroatoms. The van der Waals surface area contributed by atoms with Crippen LogP contribution in [0.3, 0.4) is 0 Å². The molecule has 0 aliphatic carbocycles. The third-order valence-corrected chi connectivity index (χ3v) is 4.82. The van der Waals surface area contributed by atoms with E-state index in [0.717, 1.165) is 11.3 Å². The summed E-state index contributed by atoms with van der Waals surface area (Å²) >= 11 is 0. The van der Waals surface area contributed by atoms with Gasteiger partial charge in [0, 0.05) is 6.54 Å². The first-order valence-electron chi connectivity index (χ1n) is 11.8. The van der Waals surface area contributed by atoms with Gasteiger partial charge in [0.2, 0.25) is 0 Å². The molecule has 0 saturated carbocycles. The molecule has 36 heavy (non-hydrogen) atoms. The van der Waals surface area contributed by atoms with Gasteiger partial charge >= 0.3 is 17.9 Å². The number of ether oxygens (including phenoxy) is 5. The Labute approximate surface area is 212 Å². The highest BCUT2D eigenvalue weighted by Crippen LogP contribution is 2.24. The molecule has 2 aromatic rings. The van der Waals surface area contributed by atoms with Crippen LogP contribution in [0.5, 0.6) is 17.2 Å². The molecule has 0 radical (unpaired) electrons. The van der Waals surface area contributed by atoms with E-state index in [4.69, 9.17) is 23.7 Å². The molecule has 9 nitrogen and oxygen atoms in total. The standard InChI is InChI=1S/C27H35NO8/c1-7-33-24(29)22(25(30)34-8-2)23(26(31)36-27(3,4)5)28-17-18-9-11-20(12-10-18)35-21-15-13-19(32-6)14-16-21/h9-16,22-23,28H,7-8,17H2,1-6H3. The third-order valence-electron chi connectivity index (χ3n) is 4.82. The average Bonchev–Trinajstić information content (AvgIpc) is 2.82. The van der Waals surface area contributed by atoms with E-state index in [1.165, 1.54) is 0 Å². The van der Waals surface area contributed by atoms with Gasteiger partial charge in [0.15, 0.2) is 5.92 Å². The van der Waals surface area contributed by atoms with Gasteiger partial charge in [-0.15, -0.1) is 0 Å². The van der Waals surface area contributed by atoms with E-state index in [0.29, 0.717) is 11.5 Å². The Hall–Kier alpha value is -3.59. The molecule has 1 unspecified atom stereocenters. The van der Waals surface area contributed by atoms with E-state index in [2.05, 4.69) is 5.32 Å². The smallest absolute Gasteiger partial charge is 0.325 e. The second-order valence-corrected chi connectivity index (χ2v) is 8.80. The number of rotatable bonds is 12. The molecule has 2 aromatic carbocycles. The SMILES string of the molecule is CCOC(=O)C(C(=O)OCC)C(NCc1ccc(Oc2ccc(OC)cc2)cc1)C(=O)OC(C)(C)C. The van der Waals surface area contributed by atoms with Gasteiger partial charge in [0.1, 0.15) is 28.9 Å². The molecule has 0 aliphatic rings. The van der Waals surface area contributed by atoms with E-state index in [1.807, 2.05) is 12.1 Å². The summed E-state index contributed by atoms with van der Waals surface area (Å²) < 4.78 is 26.6. The highest BCUT2D eigenvalue weighted by molar-refractivity contribution is 6.00. The Bertz CT molecular complexity index is 978. The number of carbonyl (C=O) groups excluding carboxylic acids is 3. The minimum Gasteiger partial charge on any atom is -0.497 e. The van der Waals surface area contributed by atoms with Crippen LogP contribution in [-0.2, 0) is 35.1 Å². The van der Waals surface area contributed by atoms with Gasteiger partial charge in [0.05, 0.1) is 20.3 Å². The molecule has 0 amide bonds. The van der Waals surface area contributed by atoms with E-state index in [9.17, 15) is 14.4 Å². The highest BCUT2D eigenvalue weighted by atomic mass is 16.6. The van der Waals surface area contributed by atoms with Crippen LogP contribution in [0, 0.1) is 5.92 Å². The largest absolute Gasteiger partial charge is 0.497 e. The van der Waals surface area contributed by atoms with Gasteiger partial charge in [-0.1, -0.05) is 12.1 Å². The zero-order valence-corrected chi connectivity index (χ0v) is 21.7. The second-order valence-electron chi connectivity index (χ2n) is 8.80. The Morgan fingerprint density at radius 1 is 0.778 bits per heavy atom. The molecule has 0 spiro atoms. The second kappa shape index (κ2) is 13.5. The monoisotopic (exact) mass is 501 g/mol. The summed E-state index contributed by atoms with van der Waals surface area (Å²) in [5.41, 5.74) is -0.0391. The Morgan fingerprint density at radius 3 is 1.69 bits per heavy atom. The van der Waals surface area contributed by atoms with Gasteiger partial charge in [0.25, 0.3) is 0 Å². The Morgan fingerprint density at radius 2 is 1.25 bits per heavy atom. The van der Waals surface area contributed by atoms with Crippen LogP contribution in [-0.4, -0.2) is 49.9 Å². The van der Waals surface area contributed by atoms with Crippen molar-refractivity contribution in [3.05, 3.63) is 54.1 Å². The van der Waals surface area contributed by atoms with Crippen LogP contribution < -0.4 is 14.8 Å². The molecule has 1 N–H and O–H groups in total. The minimum atomic E-state index is -1.52. The molecule has 2 rings (SSSR count). The van der Waals surface area contributed by atoms with Crippen molar-refractivity contribution in [2.75, 3.05) is 20.3 Å². The van der Waals surface area contributed by atoms with Crippen LogP contribution in [0.25, 0.3) is 0 Å². The van der Waals surface area contributed by atoms with E-state index in [-0.39, 0.29) is 19.8 Å². The van der Waals surface area contributed by atoms with E-state index >= 15 is 0 Å². The molecule has 0 heterocycles. The van der Waals surface area contributed by atoms with Crippen LogP contribution in [0.2, 0.25) is 0 Å². The van der Waals surface area contributed by atoms with E-state index in [1.54, 1.807) is 78.1 Å². The maximum absolute atomic E-state index is 13.0. The number of benzene rings is 2. The lowest BCUT2D eigenvalue weighted by molar-refractivity contribution is -0.173. The number of hydrogen-bond donors (Lipinski definition) is 1. The molecular formula is C27H35NO8. The summed E-state index contributed by atoms with van der Waals surface area (Å²) in [6.07, 6.45) is 0. The Kier molecular flexibility index (Phi) is 10.7. The summed E-state index contributed by atoms with van der Waals surface area (Å²) in [6.45, 7) is 8.60. The average molecular weight is 502 g/mol. The summed E-state index contributed by atoms with van der Waals surface area (Å²) in [7, 11) is 1.59. The minimum absolute atomic E-state index is 0.0471. The summed E-state index contributed by atoms with van der Waals surface area (Å²) in [4.78, 5) is 38.3. The molecular weight excluding hydrogens is 466 g/mol. The zero-order valence-electron chi connectivity index (χ0n) is 21.7. The normalized spacial score (nSPS) is 12.0. The topological polar surface area (TPSA) is 109 Å². The Balaban J connectivity index is 2.19. The first-order chi connectivity index (χ1) is 17.1. The highest BCUT2D eigenvalue weighted by Gasteiger charge is 2.43. The number of carbonyl (C=O) groups is 3. The van der Waals surface area contributed by atoms with Crippen LogP contribution in [0.15, 0.2) is 48.5 Å². The zero-order chi connectivity index (χ0) is 26.7. The van der Waals surface area contributed by atoms with Crippen molar-refractivity contribution in [3.63, 3.8) is 0 Å². The van der Waals surface area contributed by atoms with Gasteiger partial charge in [-0.2, -0.15) is 0 Å². The summed E-state index contributed by atoms with van der Waals surface area (Å²) in [6, 6.07) is 13.0. The van der Waals surface area contributed by atoms with Crippen molar-refractivity contribution in [1.82, 2.24) is 5.32 Å². The summed E-state index contributed by atoms with van der Waals surface area (Å²) in [5.74, 6) is -2.00. The maximum Gasteiger partial charge on any atom is 0.325 e. The van der Waals surface area contributed by atoms with Crippen molar-refractivity contribution in [3.8, 4) is 17.2 Å². The molecule has 0 aliphatic heterocycles. The number of nitrogens with one attached hydrogen (secondary N) is 1. The first-order valence-corrected chi connectivity index (χ1v) is 11.8. The van der Waals surface area contributed by atoms with Crippen molar-refractivity contribution < 1.29 is 38.1 Å². The lowest BCUT2D eigenvalue weighted by atomic mass is 9.98. The molecule has 1 atom stereocenters. The van der Waals surface area contributed by atoms with Crippen molar-refractivity contribution >= 4 is 17.9 Å². The van der Waals surface area contributed by atoms with Crippen molar-refractivity contribution in [2.24, 2.45) is 5.92 Å². The lowest BCUT2D eigenvalue weighted by Crippen LogP contribution is -2.52. The molecule has 196 valence electrons. The fourth-order valence-corrected chi connectivity index (χ4v) is 3.22. The van der Waals surface area contributed by atoms with Crippen LogP contribution >= 0.6 is 0 Å². The maximum atomic E-state index is 13.0. The number of methoxy groups -OCH3 is 1. The fourth-order valence-electron chi connectivity index (χ4n) is 3.22. The quantitative estimate of drug-likeness (QED) is 0.262. The lowest BCUT2D eigenvalue weighted by Gasteiger charge is -2.28.